The molecule has 1 aliphatic rings. The van der Waals surface area contributed by atoms with Crippen LogP contribution in [0.3, 0.4) is 0 Å². The first-order valence-corrected chi connectivity index (χ1v) is 10.5. The molecule has 1 aliphatic heterocycles. The van der Waals surface area contributed by atoms with E-state index in [-0.39, 0.29) is 22.9 Å². The monoisotopic (exact) mass is 422 g/mol. The summed E-state index contributed by atoms with van der Waals surface area (Å²) in [5, 5.41) is 4.05. The second-order valence-electron chi connectivity index (χ2n) is 7.96. The molecule has 2 amide bonds. The number of hydrogen-bond donors (Lipinski definition) is 0. The molecule has 0 bridgehead atoms. The minimum atomic E-state index is -0.288. The highest BCUT2D eigenvalue weighted by atomic mass is 16.2. The van der Waals surface area contributed by atoms with Crippen molar-refractivity contribution < 1.29 is 9.59 Å². The van der Waals surface area contributed by atoms with Crippen molar-refractivity contribution in [3.05, 3.63) is 63.5 Å². The van der Waals surface area contributed by atoms with Crippen molar-refractivity contribution in [2.45, 2.75) is 32.7 Å². The molecule has 31 heavy (non-hydrogen) atoms. The van der Waals surface area contributed by atoms with Crippen molar-refractivity contribution in [2.75, 3.05) is 20.1 Å². The normalized spacial score (nSPS) is 13.3. The second-order valence-corrected chi connectivity index (χ2v) is 7.96. The molecule has 0 aromatic carbocycles. The highest BCUT2D eigenvalue weighted by Crippen LogP contribution is 2.23. The highest BCUT2D eigenvalue weighted by molar-refractivity contribution is 5.97. The summed E-state index contributed by atoms with van der Waals surface area (Å²) in [4.78, 5) is 46.5. The Labute approximate surface area is 179 Å². The van der Waals surface area contributed by atoms with E-state index in [0.717, 1.165) is 24.0 Å². The van der Waals surface area contributed by atoms with E-state index in [9.17, 15) is 14.4 Å². The van der Waals surface area contributed by atoms with Gasteiger partial charge in [-0.2, -0.15) is 5.10 Å². The summed E-state index contributed by atoms with van der Waals surface area (Å²) in [6.07, 6.45) is 7.21. The van der Waals surface area contributed by atoms with Gasteiger partial charge in [-0.3, -0.25) is 14.4 Å². The van der Waals surface area contributed by atoms with Crippen LogP contribution in [-0.4, -0.2) is 60.9 Å². The molecule has 0 fully saturated rings. The molecular weight excluding hydrogens is 396 g/mol. The second kappa shape index (κ2) is 8.33. The van der Waals surface area contributed by atoms with E-state index in [1.165, 1.54) is 10.9 Å². The van der Waals surface area contributed by atoms with Crippen molar-refractivity contribution in [1.82, 2.24) is 29.0 Å². The third-order valence-corrected chi connectivity index (χ3v) is 5.79. The van der Waals surface area contributed by atoms with Gasteiger partial charge in [-0.05, 0) is 36.1 Å². The third kappa shape index (κ3) is 3.83. The molecule has 0 atom stereocenters. The van der Waals surface area contributed by atoms with E-state index < -0.39 is 0 Å². The Morgan fingerprint density at radius 1 is 1.29 bits per heavy atom. The molecular formula is C22H26N6O3. The molecule has 0 spiro atoms. The lowest BCUT2D eigenvalue weighted by molar-refractivity contribution is 0.0733. The molecule has 0 aliphatic carbocycles. The predicted octanol–water partition coefficient (Wildman–Crippen LogP) is 1.50. The summed E-state index contributed by atoms with van der Waals surface area (Å²) in [7, 11) is 3.38. The fourth-order valence-electron chi connectivity index (χ4n) is 4.00. The van der Waals surface area contributed by atoms with Crippen molar-refractivity contribution in [3.63, 3.8) is 0 Å². The molecule has 4 rings (SSSR count). The van der Waals surface area contributed by atoms with Crippen LogP contribution in [0.1, 0.15) is 51.6 Å². The Hall–Kier alpha value is -3.49. The first-order chi connectivity index (χ1) is 14.9. The maximum absolute atomic E-state index is 13.1. The molecule has 9 heteroatoms. The van der Waals surface area contributed by atoms with E-state index in [2.05, 4.69) is 17.0 Å². The lowest BCUT2D eigenvalue weighted by Crippen LogP contribution is -2.41. The molecule has 0 N–H and O–H groups in total. The van der Waals surface area contributed by atoms with Gasteiger partial charge in [-0.1, -0.05) is 13.3 Å². The van der Waals surface area contributed by atoms with E-state index in [1.54, 1.807) is 52.9 Å². The zero-order chi connectivity index (χ0) is 22.1. The van der Waals surface area contributed by atoms with Crippen LogP contribution in [-0.2, 0) is 20.0 Å². The number of nitrogens with zero attached hydrogens (tertiary/aromatic N) is 6. The first-order valence-electron chi connectivity index (χ1n) is 10.5. The molecule has 162 valence electrons. The lowest BCUT2D eigenvalue weighted by Gasteiger charge is -2.31. The average molecular weight is 422 g/mol. The maximum atomic E-state index is 13.1. The standard InChI is InChI=1S/C22H26N6O3/c1-4-5-8-25(2)21(30)19-17-7-9-27(13-16(17)12-26(3)22(19)31)20(29)15-6-10-28-18(11-15)23-14-24-28/h6,10-12,14H,4-5,7-9,13H2,1-3H3. The van der Waals surface area contributed by atoms with Gasteiger partial charge in [0.2, 0.25) is 0 Å². The third-order valence-electron chi connectivity index (χ3n) is 5.79. The summed E-state index contributed by atoms with van der Waals surface area (Å²) in [5.74, 6) is -0.360. The van der Waals surface area contributed by atoms with Crippen molar-refractivity contribution >= 4 is 17.5 Å². The number of rotatable bonds is 5. The van der Waals surface area contributed by atoms with Crippen LogP contribution < -0.4 is 5.56 Å². The number of carbonyl (C=O) groups excluding carboxylic acids is 2. The van der Waals surface area contributed by atoms with Crippen molar-refractivity contribution in [3.8, 4) is 0 Å². The van der Waals surface area contributed by atoms with E-state index in [4.69, 9.17) is 0 Å². The molecule has 3 aromatic heterocycles. The van der Waals surface area contributed by atoms with E-state index >= 15 is 0 Å². The Morgan fingerprint density at radius 3 is 2.87 bits per heavy atom. The van der Waals surface area contributed by atoms with E-state index in [0.29, 0.717) is 37.3 Å². The number of hydrogen-bond acceptors (Lipinski definition) is 5. The quantitative estimate of drug-likeness (QED) is 0.621. The van der Waals surface area contributed by atoms with Crippen molar-refractivity contribution in [2.24, 2.45) is 7.05 Å². The number of aryl methyl sites for hydroxylation is 1. The van der Waals surface area contributed by atoms with Crippen LogP contribution in [0.2, 0.25) is 0 Å². The van der Waals surface area contributed by atoms with E-state index in [1.807, 2.05) is 0 Å². The Balaban J connectivity index is 1.63. The number of aromatic nitrogens is 4. The Kier molecular flexibility index (Phi) is 5.58. The Bertz CT molecular complexity index is 1210. The molecule has 0 unspecified atom stereocenters. The first kappa shape index (κ1) is 20.8. The summed E-state index contributed by atoms with van der Waals surface area (Å²) in [6.45, 7) is 3.46. The predicted molar refractivity (Wildman–Crippen MR) is 115 cm³/mol. The number of amides is 2. The van der Waals surface area contributed by atoms with Crippen molar-refractivity contribution in [1.29, 1.82) is 0 Å². The fraction of sp³-hybridized carbons (Fsp3) is 0.409. The largest absolute Gasteiger partial charge is 0.342 e. The smallest absolute Gasteiger partial charge is 0.263 e. The number of pyridine rings is 2. The minimum absolute atomic E-state index is 0.113. The SMILES string of the molecule is CCCCN(C)C(=O)c1c2c(cn(C)c1=O)CN(C(=O)c1ccn3ncnc3c1)CC2. The summed E-state index contributed by atoms with van der Waals surface area (Å²) in [5.41, 5.74) is 2.67. The lowest BCUT2D eigenvalue weighted by atomic mass is 9.95. The molecule has 0 saturated heterocycles. The zero-order valence-corrected chi connectivity index (χ0v) is 18.0. The van der Waals surface area contributed by atoms with Gasteiger partial charge < -0.3 is 14.4 Å². The van der Waals surface area contributed by atoms with Crippen LogP contribution in [0, 0.1) is 0 Å². The summed E-state index contributed by atoms with van der Waals surface area (Å²) < 4.78 is 3.04. The summed E-state index contributed by atoms with van der Waals surface area (Å²) in [6, 6.07) is 3.43. The van der Waals surface area contributed by atoms with Gasteiger partial charge in [0.1, 0.15) is 11.9 Å². The highest BCUT2D eigenvalue weighted by Gasteiger charge is 2.29. The van der Waals surface area contributed by atoms with Gasteiger partial charge in [0, 0.05) is 51.7 Å². The van der Waals surface area contributed by atoms with Crippen LogP contribution in [0.4, 0.5) is 0 Å². The molecule has 0 radical (unpaired) electrons. The zero-order valence-electron chi connectivity index (χ0n) is 18.0. The topological polar surface area (TPSA) is 92.8 Å². The van der Waals surface area contributed by atoms with Gasteiger partial charge in [-0.15, -0.1) is 0 Å². The Morgan fingerprint density at radius 2 is 2.10 bits per heavy atom. The van der Waals surface area contributed by atoms with Gasteiger partial charge in [0.25, 0.3) is 17.4 Å². The van der Waals surface area contributed by atoms with Gasteiger partial charge in [0.05, 0.1) is 0 Å². The van der Waals surface area contributed by atoms with Crippen LogP contribution in [0.5, 0.6) is 0 Å². The number of carbonyl (C=O) groups is 2. The maximum Gasteiger partial charge on any atom is 0.263 e. The molecule has 0 saturated carbocycles. The number of unbranched alkanes of at least 4 members (excludes halogenated alkanes) is 1. The van der Waals surface area contributed by atoms with Gasteiger partial charge in [-0.25, -0.2) is 9.50 Å². The average Bonchev–Trinajstić information content (AvgIpc) is 3.25. The van der Waals surface area contributed by atoms with Crippen LogP contribution >= 0.6 is 0 Å². The van der Waals surface area contributed by atoms with Gasteiger partial charge >= 0.3 is 0 Å². The minimum Gasteiger partial charge on any atom is -0.342 e. The van der Waals surface area contributed by atoms with Gasteiger partial charge in [0.15, 0.2) is 5.65 Å². The fourth-order valence-corrected chi connectivity index (χ4v) is 4.00. The number of fused-ring (bicyclic) bond motifs is 2. The molecule has 3 aromatic rings. The summed E-state index contributed by atoms with van der Waals surface area (Å²) >= 11 is 0. The van der Waals surface area contributed by atoms with Crippen LogP contribution in [0.25, 0.3) is 5.65 Å². The molecule has 9 nitrogen and oxygen atoms in total. The van der Waals surface area contributed by atoms with Crippen LogP contribution in [0.15, 0.2) is 35.6 Å². The molecule has 4 heterocycles.